The van der Waals surface area contributed by atoms with E-state index in [0.29, 0.717) is 5.56 Å². The molecule has 2 amide bonds. The number of phenols is 1. The predicted octanol–water partition coefficient (Wildman–Crippen LogP) is 1.40. The van der Waals surface area contributed by atoms with Crippen molar-refractivity contribution in [2.24, 2.45) is 0 Å². The number of rotatable bonds is 5. The van der Waals surface area contributed by atoms with Gasteiger partial charge in [0.15, 0.2) is 0 Å². The van der Waals surface area contributed by atoms with Crippen molar-refractivity contribution in [3.63, 3.8) is 0 Å². The SMILES string of the molecule is O=C(NC1CC1)c1ccc(S(=O)(=O)NC(=O)c2ccccc2O)cc1. The van der Waals surface area contributed by atoms with Crippen LogP contribution in [0.2, 0.25) is 0 Å². The Morgan fingerprint density at radius 3 is 2.20 bits per heavy atom. The summed E-state index contributed by atoms with van der Waals surface area (Å²) in [5, 5.41) is 12.4. The van der Waals surface area contributed by atoms with Gasteiger partial charge in [-0.2, -0.15) is 0 Å². The first-order valence-electron chi connectivity index (χ1n) is 7.63. The summed E-state index contributed by atoms with van der Waals surface area (Å²) in [6.07, 6.45) is 1.91. The number of aromatic hydroxyl groups is 1. The summed E-state index contributed by atoms with van der Waals surface area (Å²) in [6, 6.07) is 11.1. The fraction of sp³-hybridized carbons (Fsp3) is 0.176. The standard InChI is InChI=1S/C17H16N2O5S/c20-15-4-2-1-3-14(15)17(22)19-25(23,24)13-9-5-11(6-10-13)16(21)18-12-7-8-12/h1-6,9-10,12,20H,7-8H2,(H,18,21)(H,19,22). The minimum Gasteiger partial charge on any atom is -0.507 e. The van der Waals surface area contributed by atoms with Crippen LogP contribution < -0.4 is 10.0 Å². The first-order chi connectivity index (χ1) is 11.9. The molecule has 3 N–H and O–H groups in total. The van der Waals surface area contributed by atoms with Crippen LogP contribution in [0.1, 0.15) is 33.6 Å². The van der Waals surface area contributed by atoms with Gasteiger partial charge in [0.1, 0.15) is 5.75 Å². The van der Waals surface area contributed by atoms with Gasteiger partial charge in [-0.05, 0) is 49.2 Å². The zero-order chi connectivity index (χ0) is 18.0. The Morgan fingerprint density at radius 1 is 0.960 bits per heavy atom. The molecule has 0 saturated heterocycles. The van der Waals surface area contributed by atoms with Crippen LogP contribution in [0, 0.1) is 0 Å². The summed E-state index contributed by atoms with van der Waals surface area (Å²) in [7, 11) is -4.12. The molecule has 2 aromatic rings. The molecule has 1 aliphatic rings. The lowest BCUT2D eigenvalue weighted by Crippen LogP contribution is -2.30. The molecule has 1 saturated carbocycles. The van der Waals surface area contributed by atoms with E-state index in [1.165, 1.54) is 48.5 Å². The van der Waals surface area contributed by atoms with Crippen LogP contribution in [0.3, 0.4) is 0 Å². The monoisotopic (exact) mass is 360 g/mol. The molecule has 2 aromatic carbocycles. The molecule has 3 rings (SSSR count). The Balaban J connectivity index is 1.74. The number of nitrogens with one attached hydrogen (secondary N) is 2. The third kappa shape index (κ3) is 3.97. The van der Waals surface area contributed by atoms with Crippen molar-refractivity contribution in [3.05, 3.63) is 59.7 Å². The molecule has 0 spiro atoms. The minimum absolute atomic E-state index is 0.147. The number of carbonyl (C=O) groups excluding carboxylic acids is 2. The molecule has 25 heavy (non-hydrogen) atoms. The van der Waals surface area contributed by atoms with E-state index in [4.69, 9.17) is 0 Å². The van der Waals surface area contributed by atoms with E-state index in [-0.39, 0.29) is 28.2 Å². The van der Waals surface area contributed by atoms with Crippen molar-refractivity contribution in [1.82, 2.24) is 10.0 Å². The van der Waals surface area contributed by atoms with Gasteiger partial charge in [0.05, 0.1) is 10.5 Å². The topological polar surface area (TPSA) is 113 Å². The molecule has 0 radical (unpaired) electrons. The summed E-state index contributed by atoms with van der Waals surface area (Å²) in [6.45, 7) is 0. The predicted molar refractivity (Wildman–Crippen MR) is 89.7 cm³/mol. The van der Waals surface area contributed by atoms with Crippen molar-refractivity contribution in [1.29, 1.82) is 0 Å². The molecule has 130 valence electrons. The van der Waals surface area contributed by atoms with E-state index in [2.05, 4.69) is 5.32 Å². The zero-order valence-corrected chi connectivity index (χ0v) is 13.9. The maximum absolute atomic E-state index is 12.3. The van der Waals surface area contributed by atoms with Crippen molar-refractivity contribution in [2.75, 3.05) is 0 Å². The van der Waals surface area contributed by atoms with Gasteiger partial charge in [-0.1, -0.05) is 12.1 Å². The third-order valence-electron chi connectivity index (χ3n) is 3.72. The maximum Gasteiger partial charge on any atom is 0.268 e. The maximum atomic E-state index is 12.3. The first kappa shape index (κ1) is 17.0. The Bertz CT molecular complexity index is 918. The van der Waals surface area contributed by atoms with E-state index < -0.39 is 15.9 Å². The average molecular weight is 360 g/mol. The van der Waals surface area contributed by atoms with E-state index >= 15 is 0 Å². The summed E-state index contributed by atoms with van der Waals surface area (Å²) in [4.78, 5) is 23.8. The highest BCUT2D eigenvalue weighted by Gasteiger charge is 2.24. The van der Waals surface area contributed by atoms with E-state index in [0.717, 1.165) is 12.8 Å². The first-order valence-corrected chi connectivity index (χ1v) is 9.11. The minimum atomic E-state index is -4.12. The number of amides is 2. The third-order valence-corrected chi connectivity index (χ3v) is 5.06. The molecule has 0 bridgehead atoms. The van der Waals surface area contributed by atoms with Gasteiger partial charge in [-0.25, -0.2) is 13.1 Å². The van der Waals surface area contributed by atoms with Crippen LogP contribution in [-0.4, -0.2) is 31.4 Å². The van der Waals surface area contributed by atoms with Crippen molar-refractivity contribution in [3.8, 4) is 5.75 Å². The smallest absolute Gasteiger partial charge is 0.268 e. The molecule has 0 atom stereocenters. The van der Waals surface area contributed by atoms with Gasteiger partial charge in [-0.3, -0.25) is 9.59 Å². The molecule has 8 heteroatoms. The van der Waals surface area contributed by atoms with E-state index in [1.807, 2.05) is 4.72 Å². The van der Waals surface area contributed by atoms with Crippen LogP contribution in [0.25, 0.3) is 0 Å². The number of hydrogen-bond donors (Lipinski definition) is 3. The normalized spacial score (nSPS) is 13.9. The van der Waals surface area contributed by atoms with Gasteiger partial charge in [-0.15, -0.1) is 0 Å². The Morgan fingerprint density at radius 2 is 1.60 bits per heavy atom. The largest absolute Gasteiger partial charge is 0.507 e. The van der Waals surface area contributed by atoms with Crippen LogP contribution in [0.15, 0.2) is 53.4 Å². The van der Waals surface area contributed by atoms with E-state index in [1.54, 1.807) is 0 Å². The highest BCUT2D eigenvalue weighted by atomic mass is 32.2. The fourth-order valence-corrected chi connectivity index (χ4v) is 3.15. The van der Waals surface area contributed by atoms with Gasteiger partial charge >= 0.3 is 0 Å². The number of phenolic OH excluding ortho intramolecular Hbond substituents is 1. The second kappa shape index (κ2) is 6.56. The Hall–Kier alpha value is -2.87. The molecule has 1 fully saturated rings. The fourth-order valence-electron chi connectivity index (χ4n) is 2.18. The van der Waals surface area contributed by atoms with Gasteiger partial charge in [0.25, 0.3) is 21.8 Å². The Kier molecular flexibility index (Phi) is 4.45. The van der Waals surface area contributed by atoms with Crippen LogP contribution in [-0.2, 0) is 10.0 Å². The molecular formula is C17H16N2O5S. The van der Waals surface area contributed by atoms with Crippen LogP contribution in [0.5, 0.6) is 5.75 Å². The second-order valence-electron chi connectivity index (χ2n) is 5.72. The highest BCUT2D eigenvalue weighted by Crippen LogP contribution is 2.20. The lowest BCUT2D eigenvalue weighted by Gasteiger charge is -2.09. The molecule has 0 aliphatic heterocycles. The molecule has 0 heterocycles. The second-order valence-corrected chi connectivity index (χ2v) is 7.41. The summed E-state index contributed by atoms with van der Waals surface area (Å²) < 4.78 is 26.5. The van der Waals surface area contributed by atoms with Crippen molar-refractivity contribution in [2.45, 2.75) is 23.8 Å². The zero-order valence-electron chi connectivity index (χ0n) is 13.1. The highest BCUT2D eigenvalue weighted by molar-refractivity contribution is 7.90. The number of hydrogen-bond acceptors (Lipinski definition) is 5. The summed E-state index contributed by atoms with van der Waals surface area (Å²) in [5.41, 5.74) is 0.199. The average Bonchev–Trinajstić information content (AvgIpc) is 3.39. The van der Waals surface area contributed by atoms with Gasteiger partial charge in [0, 0.05) is 11.6 Å². The summed E-state index contributed by atoms with van der Waals surface area (Å²) in [5.74, 6) is -1.51. The number of para-hydroxylation sites is 1. The van der Waals surface area contributed by atoms with E-state index in [9.17, 15) is 23.1 Å². The van der Waals surface area contributed by atoms with Crippen LogP contribution in [0.4, 0.5) is 0 Å². The van der Waals surface area contributed by atoms with Crippen molar-refractivity contribution >= 4 is 21.8 Å². The lowest BCUT2D eigenvalue weighted by atomic mass is 10.2. The Labute approximate surface area is 144 Å². The number of benzene rings is 2. The molecule has 0 aromatic heterocycles. The number of sulfonamides is 1. The van der Waals surface area contributed by atoms with Gasteiger partial charge in [0.2, 0.25) is 0 Å². The number of carbonyl (C=O) groups is 2. The molecular weight excluding hydrogens is 344 g/mol. The quantitative estimate of drug-likeness (QED) is 0.746. The summed E-state index contributed by atoms with van der Waals surface area (Å²) >= 11 is 0. The molecule has 7 nitrogen and oxygen atoms in total. The van der Waals surface area contributed by atoms with Crippen molar-refractivity contribution < 1.29 is 23.1 Å². The van der Waals surface area contributed by atoms with Crippen LogP contribution >= 0.6 is 0 Å². The molecule has 0 unspecified atom stereocenters. The molecule has 1 aliphatic carbocycles. The lowest BCUT2D eigenvalue weighted by molar-refractivity contribution is 0.0948. The van der Waals surface area contributed by atoms with Gasteiger partial charge < -0.3 is 10.4 Å².